The molecule has 1 atom stereocenters. The lowest BCUT2D eigenvalue weighted by atomic mass is 10.3. The molecule has 2 fully saturated rings. The Kier molecular flexibility index (Phi) is 4.23. The fourth-order valence-electron chi connectivity index (χ4n) is 2.23. The molecular weight excluding hydrogens is 262 g/mol. The summed E-state index contributed by atoms with van der Waals surface area (Å²) in [5.41, 5.74) is 1.26. The van der Waals surface area contributed by atoms with Gasteiger partial charge in [0.25, 0.3) is 0 Å². The number of thioether (sulfide) groups is 1. The van der Waals surface area contributed by atoms with Crippen LogP contribution in [0.3, 0.4) is 0 Å². The van der Waals surface area contributed by atoms with E-state index < -0.39 is 0 Å². The van der Waals surface area contributed by atoms with E-state index in [0.717, 1.165) is 19.1 Å². The Labute approximate surface area is 117 Å². The summed E-state index contributed by atoms with van der Waals surface area (Å²) in [4.78, 5) is 7.31. The van der Waals surface area contributed by atoms with E-state index in [-0.39, 0.29) is 0 Å². The van der Waals surface area contributed by atoms with Gasteiger partial charge in [0.2, 0.25) is 0 Å². The molecule has 2 heterocycles. The maximum absolute atomic E-state index is 4.75. The molecule has 3 nitrogen and oxygen atoms in total. The number of thiazole rings is 1. The predicted octanol–water partition coefficient (Wildman–Crippen LogP) is 2.33. The third kappa shape index (κ3) is 3.47. The van der Waals surface area contributed by atoms with Crippen LogP contribution in [0, 0.1) is 0 Å². The lowest BCUT2D eigenvalue weighted by molar-refractivity contribution is 0.221. The summed E-state index contributed by atoms with van der Waals surface area (Å²) in [6.45, 7) is 5.52. The van der Waals surface area contributed by atoms with Gasteiger partial charge in [-0.3, -0.25) is 4.90 Å². The Morgan fingerprint density at radius 3 is 3.17 bits per heavy atom. The Bertz CT molecular complexity index is 389. The summed E-state index contributed by atoms with van der Waals surface area (Å²) in [6.07, 6.45) is 2.70. The first-order chi connectivity index (χ1) is 8.81. The van der Waals surface area contributed by atoms with Gasteiger partial charge in [-0.25, -0.2) is 4.98 Å². The van der Waals surface area contributed by atoms with E-state index in [9.17, 15) is 0 Å². The van der Waals surface area contributed by atoms with E-state index in [1.807, 2.05) is 0 Å². The third-order valence-electron chi connectivity index (χ3n) is 3.59. The van der Waals surface area contributed by atoms with Crippen LogP contribution in [0.15, 0.2) is 5.38 Å². The number of aromatic nitrogens is 1. The second-order valence-corrected chi connectivity index (χ2v) is 7.37. The highest BCUT2D eigenvalue weighted by Gasteiger charge is 2.21. The highest BCUT2D eigenvalue weighted by Crippen LogP contribution is 2.21. The molecule has 1 saturated heterocycles. The molecule has 3 rings (SSSR count). The van der Waals surface area contributed by atoms with E-state index in [4.69, 9.17) is 4.98 Å². The molecule has 1 N–H and O–H groups in total. The minimum atomic E-state index is 0.693. The molecule has 1 unspecified atom stereocenters. The lowest BCUT2D eigenvalue weighted by Gasteiger charge is -2.32. The van der Waals surface area contributed by atoms with Crippen molar-refractivity contribution in [1.82, 2.24) is 15.2 Å². The van der Waals surface area contributed by atoms with Gasteiger partial charge in [0.15, 0.2) is 0 Å². The maximum atomic E-state index is 4.75. The standard InChI is InChI=1S/C13H21N3S2/c1-10-8-17-5-4-16(10)7-12-9-18-13(15-12)6-14-11-2-3-11/h9-11,14H,2-8H2,1H3. The van der Waals surface area contributed by atoms with Crippen LogP contribution in [0.4, 0.5) is 0 Å². The second kappa shape index (κ2) is 5.90. The van der Waals surface area contributed by atoms with Crippen molar-refractivity contribution in [1.29, 1.82) is 0 Å². The van der Waals surface area contributed by atoms with Crippen LogP contribution in [-0.4, -0.2) is 40.0 Å². The molecule has 1 saturated carbocycles. The van der Waals surface area contributed by atoms with Crippen LogP contribution in [-0.2, 0) is 13.1 Å². The third-order valence-corrected chi connectivity index (χ3v) is 5.68. The molecule has 0 bridgehead atoms. The first kappa shape index (κ1) is 12.9. The average molecular weight is 283 g/mol. The van der Waals surface area contributed by atoms with E-state index in [1.165, 1.54) is 41.6 Å². The highest BCUT2D eigenvalue weighted by atomic mass is 32.2. The summed E-state index contributed by atoms with van der Waals surface area (Å²) < 4.78 is 0. The first-order valence-corrected chi connectivity index (χ1v) is 8.83. The van der Waals surface area contributed by atoms with Crippen molar-refractivity contribution in [3.05, 3.63) is 16.1 Å². The zero-order valence-corrected chi connectivity index (χ0v) is 12.5. The smallest absolute Gasteiger partial charge is 0.107 e. The van der Waals surface area contributed by atoms with Gasteiger partial charge in [0.1, 0.15) is 5.01 Å². The van der Waals surface area contributed by atoms with E-state index in [1.54, 1.807) is 11.3 Å². The summed E-state index contributed by atoms with van der Waals surface area (Å²) in [5, 5.41) is 7.01. The van der Waals surface area contributed by atoms with E-state index in [2.05, 4.69) is 34.3 Å². The Balaban J connectivity index is 1.51. The normalized spacial score (nSPS) is 25.5. The number of nitrogens with zero attached hydrogens (tertiary/aromatic N) is 2. The molecule has 1 aliphatic heterocycles. The summed E-state index contributed by atoms with van der Waals surface area (Å²) >= 11 is 3.87. The summed E-state index contributed by atoms with van der Waals surface area (Å²) in [7, 11) is 0. The van der Waals surface area contributed by atoms with Gasteiger partial charge in [-0.1, -0.05) is 0 Å². The van der Waals surface area contributed by atoms with Crippen LogP contribution < -0.4 is 5.32 Å². The SMILES string of the molecule is CC1CSCCN1Cc1csc(CNC2CC2)n1. The van der Waals surface area contributed by atoms with Gasteiger partial charge in [0, 0.05) is 48.6 Å². The Morgan fingerprint density at radius 1 is 1.50 bits per heavy atom. The molecule has 0 radical (unpaired) electrons. The molecule has 18 heavy (non-hydrogen) atoms. The van der Waals surface area contributed by atoms with Gasteiger partial charge >= 0.3 is 0 Å². The second-order valence-electron chi connectivity index (χ2n) is 5.28. The first-order valence-electron chi connectivity index (χ1n) is 6.80. The van der Waals surface area contributed by atoms with Crippen molar-refractivity contribution in [3.8, 4) is 0 Å². The van der Waals surface area contributed by atoms with Crippen molar-refractivity contribution in [2.75, 3.05) is 18.1 Å². The number of hydrogen-bond acceptors (Lipinski definition) is 5. The summed E-state index contributed by atoms with van der Waals surface area (Å²) in [5.74, 6) is 2.53. The molecule has 0 aromatic carbocycles. The Hall–Kier alpha value is -0.100. The van der Waals surface area contributed by atoms with Crippen molar-refractivity contribution in [2.45, 2.75) is 44.9 Å². The van der Waals surface area contributed by atoms with Crippen LogP contribution in [0.2, 0.25) is 0 Å². The summed E-state index contributed by atoms with van der Waals surface area (Å²) in [6, 6.07) is 1.47. The van der Waals surface area contributed by atoms with Gasteiger partial charge in [0.05, 0.1) is 5.69 Å². The maximum Gasteiger partial charge on any atom is 0.107 e. The molecule has 100 valence electrons. The van der Waals surface area contributed by atoms with E-state index >= 15 is 0 Å². The molecular formula is C13H21N3S2. The monoisotopic (exact) mass is 283 g/mol. The molecule has 1 aromatic heterocycles. The zero-order valence-electron chi connectivity index (χ0n) is 10.9. The molecule has 1 aliphatic carbocycles. The van der Waals surface area contributed by atoms with Crippen LogP contribution >= 0.6 is 23.1 Å². The average Bonchev–Trinajstić information content (AvgIpc) is 3.10. The highest BCUT2D eigenvalue weighted by molar-refractivity contribution is 7.99. The van der Waals surface area contributed by atoms with Crippen molar-refractivity contribution < 1.29 is 0 Å². The van der Waals surface area contributed by atoms with E-state index in [0.29, 0.717) is 6.04 Å². The van der Waals surface area contributed by atoms with Gasteiger partial charge < -0.3 is 5.32 Å². The van der Waals surface area contributed by atoms with Gasteiger partial charge in [-0.15, -0.1) is 11.3 Å². The zero-order chi connectivity index (χ0) is 12.4. The number of rotatable bonds is 5. The topological polar surface area (TPSA) is 28.2 Å². The lowest BCUT2D eigenvalue weighted by Crippen LogP contribution is -2.39. The molecule has 1 aromatic rings. The Morgan fingerprint density at radius 2 is 2.39 bits per heavy atom. The van der Waals surface area contributed by atoms with Crippen molar-refractivity contribution >= 4 is 23.1 Å². The minimum absolute atomic E-state index is 0.693. The number of nitrogens with one attached hydrogen (secondary N) is 1. The fraction of sp³-hybridized carbons (Fsp3) is 0.769. The predicted molar refractivity (Wildman–Crippen MR) is 79.2 cm³/mol. The molecule has 0 spiro atoms. The largest absolute Gasteiger partial charge is 0.308 e. The van der Waals surface area contributed by atoms with Crippen LogP contribution in [0.1, 0.15) is 30.5 Å². The molecule has 2 aliphatic rings. The van der Waals surface area contributed by atoms with Gasteiger partial charge in [-0.05, 0) is 19.8 Å². The van der Waals surface area contributed by atoms with Crippen LogP contribution in [0.5, 0.6) is 0 Å². The fourth-order valence-corrected chi connectivity index (χ4v) is 4.04. The molecule has 0 amide bonds. The van der Waals surface area contributed by atoms with Gasteiger partial charge in [-0.2, -0.15) is 11.8 Å². The van der Waals surface area contributed by atoms with Crippen molar-refractivity contribution in [3.63, 3.8) is 0 Å². The minimum Gasteiger partial charge on any atom is -0.308 e. The quantitative estimate of drug-likeness (QED) is 0.898. The van der Waals surface area contributed by atoms with Crippen molar-refractivity contribution in [2.24, 2.45) is 0 Å². The van der Waals surface area contributed by atoms with Crippen LogP contribution in [0.25, 0.3) is 0 Å². The number of hydrogen-bond donors (Lipinski definition) is 1. The molecule has 5 heteroatoms.